The van der Waals surface area contributed by atoms with Crippen LogP contribution in [0.4, 0.5) is 0 Å². The summed E-state index contributed by atoms with van der Waals surface area (Å²) in [5, 5.41) is 6.52. The largest absolute Gasteiger partial charge is 0.360 e. The second kappa shape index (κ2) is 5.99. The van der Waals surface area contributed by atoms with Crippen LogP contribution in [0.3, 0.4) is 0 Å². The molecular weight excluding hydrogens is 266 g/mol. The monoisotopic (exact) mass is 287 g/mol. The van der Waals surface area contributed by atoms with E-state index in [0.29, 0.717) is 12.1 Å². The molecule has 112 valence electrons. The number of para-hydroxylation sites is 1. The fourth-order valence-corrected chi connectivity index (χ4v) is 2.12. The first-order valence-electron chi connectivity index (χ1n) is 7.02. The molecule has 0 spiro atoms. The second-order valence-electron chi connectivity index (χ2n) is 6.05. The summed E-state index contributed by atoms with van der Waals surface area (Å²) in [5.74, 6) is -0.238. The smallest absolute Gasteiger partial charge is 0.253 e. The lowest BCUT2D eigenvalue weighted by Crippen LogP contribution is -2.41. The molecule has 5 heteroatoms. The van der Waals surface area contributed by atoms with Crippen molar-refractivity contribution in [1.29, 1.82) is 0 Å². The predicted molar refractivity (Wildman–Crippen MR) is 83.1 cm³/mol. The highest BCUT2D eigenvalue weighted by atomic mass is 16.2. The molecule has 0 fully saturated rings. The number of H-pyrrole nitrogens is 1. The Morgan fingerprint density at radius 3 is 2.62 bits per heavy atom. The van der Waals surface area contributed by atoms with Gasteiger partial charge in [-0.1, -0.05) is 18.2 Å². The first-order chi connectivity index (χ1) is 9.87. The average Bonchev–Trinajstić information content (AvgIpc) is 2.80. The standard InChI is InChI=1S/C16H21N3O2/c1-16(2,3)19-14(20)8-9-17-15(21)12-10-18-13-7-5-4-6-11(12)13/h4-7,10,18H,8-9H2,1-3H3,(H,17,21)(H,19,20). The number of hydrogen-bond donors (Lipinski definition) is 3. The van der Waals surface area contributed by atoms with Crippen molar-refractivity contribution in [2.75, 3.05) is 6.54 Å². The summed E-state index contributed by atoms with van der Waals surface area (Å²) in [6.07, 6.45) is 1.96. The summed E-state index contributed by atoms with van der Waals surface area (Å²) >= 11 is 0. The van der Waals surface area contributed by atoms with E-state index in [1.54, 1.807) is 6.20 Å². The molecule has 0 aliphatic rings. The van der Waals surface area contributed by atoms with E-state index in [1.165, 1.54) is 0 Å². The van der Waals surface area contributed by atoms with Crippen molar-refractivity contribution in [2.24, 2.45) is 0 Å². The third-order valence-corrected chi connectivity index (χ3v) is 2.99. The van der Waals surface area contributed by atoms with E-state index in [1.807, 2.05) is 45.0 Å². The Morgan fingerprint density at radius 2 is 1.90 bits per heavy atom. The van der Waals surface area contributed by atoms with Gasteiger partial charge in [0.25, 0.3) is 5.91 Å². The summed E-state index contributed by atoms with van der Waals surface area (Å²) in [4.78, 5) is 26.9. The molecule has 0 radical (unpaired) electrons. The first kappa shape index (κ1) is 15.1. The Morgan fingerprint density at radius 1 is 1.19 bits per heavy atom. The number of rotatable bonds is 4. The van der Waals surface area contributed by atoms with Crippen LogP contribution in [0.1, 0.15) is 37.6 Å². The maximum absolute atomic E-state index is 12.1. The van der Waals surface area contributed by atoms with Gasteiger partial charge in [0.1, 0.15) is 0 Å². The number of hydrogen-bond acceptors (Lipinski definition) is 2. The Bertz CT molecular complexity index is 653. The number of aromatic nitrogens is 1. The Labute approximate surface area is 124 Å². The van der Waals surface area contributed by atoms with Crippen LogP contribution in [0.25, 0.3) is 10.9 Å². The quantitative estimate of drug-likeness (QED) is 0.806. The summed E-state index contributed by atoms with van der Waals surface area (Å²) in [6, 6.07) is 7.62. The van der Waals surface area contributed by atoms with Gasteiger partial charge in [-0.15, -0.1) is 0 Å². The minimum absolute atomic E-state index is 0.0678. The summed E-state index contributed by atoms with van der Waals surface area (Å²) in [5.41, 5.74) is 1.27. The zero-order valence-electron chi connectivity index (χ0n) is 12.6. The van der Waals surface area contributed by atoms with Crippen LogP contribution >= 0.6 is 0 Å². The number of carbonyl (C=O) groups excluding carboxylic acids is 2. The van der Waals surface area contributed by atoms with Crippen molar-refractivity contribution in [1.82, 2.24) is 15.6 Å². The Kier molecular flexibility index (Phi) is 4.31. The van der Waals surface area contributed by atoms with Gasteiger partial charge in [-0.3, -0.25) is 9.59 Å². The minimum atomic E-state index is -0.252. The van der Waals surface area contributed by atoms with Gasteiger partial charge in [0.2, 0.25) is 5.91 Å². The highest BCUT2D eigenvalue weighted by molar-refractivity contribution is 6.06. The van der Waals surface area contributed by atoms with E-state index >= 15 is 0 Å². The zero-order valence-corrected chi connectivity index (χ0v) is 12.6. The number of benzene rings is 1. The van der Waals surface area contributed by atoms with E-state index in [2.05, 4.69) is 15.6 Å². The van der Waals surface area contributed by atoms with E-state index in [4.69, 9.17) is 0 Å². The molecule has 2 amide bonds. The lowest BCUT2D eigenvalue weighted by molar-refractivity contribution is -0.122. The number of aromatic amines is 1. The maximum Gasteiger partial charge on any atom is 0.253 e. The molecule has 0 saturated carbocycles. The molecule has 3 N–H and O–H groups in total. The summed E-state index contributed by atoms with van der Waals surface area (Å²) in [6.45, 7) is 6.10. The number of amides is 2. The molecule has 0 atom stereocenters. The Hall–Kier alpha value is -2.30. The van der Waals surface area contributed by atoms with Gasteiger partial charge in [-0.25, -0.2) is 0 Å². The second-order valence-corrected chi connectivity index (χ2v) is 6.05. The molecule has 21 heavy (non-hydrogen) atoms. The van der Waals surface area contributed by atoms with Crippen LogP contribution in [0.5, 0.6) is 0 Å². The zero-order chi connectivity index (χ0) is 15.5. The normalized spacial score (nSPS) is 11.4. The van der Waals surface area contributed by atoms with Crippen LogP contribution in [0.2, 0.25) is 0 Å². The van der Waals surface area contributed by atoms with Crippen LogP contribution in [0, 0.1) is 0 Å². The van der Waals surface area contributed by atoms with Crippen LogP contribution in [-0.4, -0.2) is 28.9 Å². The van der Waals surface area contributed by atoms with Gasteiger partial charge in [-0.05, 0) is 26.8 Å². The third-order valence-electron chi connectivity index (χ3n) is 2.99. The molecule has 0 aliphatic heterocycles. The molecule has 2 rings (SSSR count). The molecule has 1 aromatic heterocycles. The van der Waals surface area contributed by atoms with Crippen molar-refractivity contribution in [3.05, 3.63) is 36.0 Å². The van der Waals surface area contributed by atoms with Crippen LogP contribution < -0.4 is 10.6 Å². The molecule has 5 nitrogen and oxygen atoms in total. The van der Waals surface area contributed by atoms with E-state index in [9.17, 15) is 9.59 Å². The highest BCUT2D eigenvalue weighted by Crippen LogP contribution is 2.17. The van der Waals surface area contributed by atoms with E-state index in [0.717, 1.165) is 10.9 Å². The highest BCUT2D eigenvalue weighted by Gasteiger charge is 2.15. The Balaban J connectivity index is 1.89. The van der Waals surface area contributed by atoms with E-state index < -0.39 is 0 Å². The number of nitrogens with one attached hydrogen (secondary N) is 3. The number of carbonyl (C=O) groups is 2. The van der Waals surface area contributed by atoms with Gasteiger partial charge >= 0.3 is 0 Å². The first-order valence-corrected chi connectivity index (χ1v) is 7.02. The average molecular weight is 287 g/mol. The van der Waals surface area contributed by atoms with E-state index in [-0.39, 0.29) is 23.8 Å². The molecule has 1 aromatic carbocycles. The van der Waals surface area contributed by atoms with Gasteiger partial charge < -0.3 is 15.6 Å². The molecule has 0 aliphatic carbocycles. The third kappa shape index (κ3) is 4.08. The molecule has 2 aromatic rings. The topological polar surface area (TPSA) is 74.0 Å². The van der Waals surface area contributed by atoms with Gasteiger partial charge in [0.05, 0.1) is 5.56 Å². The van der Waals surface area contributed by atoms with Crippen molar-refractivity contribution < 1.29 is 9.59 Å². The van der Waals surface area contributed by atoms with Crippen molar-refractivity contribution >= 4 is 22.7 Å². The lowest BCUT2D eigenvalue weighted by Gasteiger charge is -2.20. The van der Waals surface area contributed by atoms with Gasteiger partial charge in [-0.2, -0.15) is 0 Å². The SMILES string of the molecule is CC(C)(C)NC(=O)CCNC(=O)c1c[nH]c2ccccc12. The molecule has 0 bridgehead atoms. The summed E-state index contributed by atoms with van der Waals surface area (Å²) < 4.78 is 0. The molecule has 0 unspecified atom stereocenters. The fourth-order valence-electron chi connectivity index (χ4n) is 2.12. The molecular formula is C16H21N3O2. The number of fused-ring (bicyclic) bond motifs is 1. The molecule has 0 saturated heterocycles. The summed E-state index contributed by atoms with van der Waals surface area (Å²) in [7, 11) is 0. The van der Waals surface area contributed by atoms with Gasteiger partial charge in [0, 0.05) is 35.6 Å². The predicted octanol–water partition coefficient (Wildman–Crippen LogP) is 2.20. The fraction of sp³-hybridized carbons (Fsp3) is 0.375. The molecule has 1 heterocycles. The lowest BCUT2D eigenvalue weighted by atomic mass is 10.1. The van der Waals surface area contributed by atoms with Crippen molar-refractivity contribution in [3.8, 4) is 0 Å². The minimum Gasteiger partial charge on any atom is -0.360 e. The van der Waals surface area contributed by atoms with Crippen molar-refractivity contribution in [3.63, 3.8) is 0 Å². The maximum atomic E-state index is 12.1. The van der Waals surface area contributed by atoms with Crippen molar-refractivity contribution in [2.45, 2.75) is 32.7 Å². The van der Waals surface area contributed by atoms with Crippen LogP contribution in [0.15, 0.2) is 30.5 Å². The van der Waals surface area contributed by atoms with Crippen LogP contribution in [-0.2, 0) is 4.79 Å². The van der Waals surface area contributed by atoms with Gasteiger partial charge in [0.15, 0.2) is 0 Å².